The summed E-state index contributed by atoms with van der Waals surface area (Å²) in [5.74, 6) is 0. The van der Waals surface area contributed by atoms with E-state index in [9.17, 15) is 5.26 Å². The zero-order chi connectivity index (χ0) is 21.2. The minimum Gasteiger partial charge on any atom is -0.192 e. The largest absolute Gasteiger partial charge is 0.192 e. The van der Waals surface area contributed by atoms with E-state index in [1.807, 2.05) is 6.07 Å². The molecule has 1 heteroatoms. The summed E-state index contributed by atoms with van der Waals surface area (Å²) in [5, 5.41) is 9.58. The average Bonchev–Trinajstić information content (AvgIpc) is 2.80. The van der Waals surface area contributed by atoms with Gasteiger partial charge in [-0.15, -0.1) is 0 Å². The molecule has 0 aromatic heterocycles. The molecule has 30 heavy (non-hydrogen) atoms. The lowest BCUT2D eigenvalue weighted by molar-refractivity contribution is 0.716. The first-order chi connectivity index (χ1) is 14.7. The molecular weight excluding hydrogens is 362 g/mol. The zero-order valence-electron chi connectivity index (χ0n) is 18.5. The van der Waals surface area contributed by atoms with Crippen molar-refractivity contribution in [2.24, 2.45) is 0 Å². The number of hydrogen-bond acceptors (Lipinski definition) is 1. The Kier molecular flexibility index (Phi) is 8.28. The molecular formula is C29H33N. The smallest absolute Gasteiger partial charge is 0.0994 e. The van der Waals surface area contributed by atoms with Crippen LogP contribution in [0.5, 0.6) is 0 Å². The highest BCUT2D eigenvalue weighted by Crippen LogP contribution is 2.27. The second kappa shape index (κ2) is 11.4. The van der Waals surface area contributed by atoms with Crippen LogP contribution in [0.4, 0.5) is 0 Å². The molecule has 154 valence electrons. The van der Waals surface area contributed by atoms with Crippen molar-refractivity contribution in [3.63, 3.8) is 0 Å². The summed E-state index contributed by atoms with van der Waals surface area (Å²) in [6.07, 6.45) is 9.57. The Morgan fingerprint density at radius 1 is 0.600 bits per heavy atom. The molecule has 0 radical (unpaired) electrons. The Morgan fingerprint density at radius 2 is 1.10 bits per heavy atom. The quantitative estimate of drug-likeness (QED) is 0.316. The van der Waals surface area contributed by atoms with Crippen LogP contribution in [0.3, 0.4) is 0 Å². The van der Waals surface area contributed by atoms with Gasteiger partial charge in [0.05, 0.1) is 11.6 Å². The fourth-order valence-electron chi connectivity index (χ4n) is 3.94. The van der Waals surface area contributed by atoms with Crippen molar-refractivity contribution in [3.8, 4) is 28.3 Å². The lowest BCUT2D eigenvalue weighted by atomic mass is 9.95. The fourth-order valence-corrected chi connectivity index (χ4v) is 3.94. The van der Waals surface area contributed by atoms with E-state index in [4.69, 9.17) is 0 Å². The predicted octanol–water partition coefficient (Wildman–Crippen LogP) is 8.36. The molecule has 0 aliphatic rings. The summed E-state index contributed by atoms with van der Waals surface area (Å²) in [6, 6.07) is 26.4. The highest BCUT2D eigenvalue weighted by atomic mass is 14.2. The summed E-state index contributed by atoms with van der Waals surface area (Å²) in [6.45, 7) is 4.45. The Morgan fingerprint density at radius 3 is 1.67 bits per heavy atom. The Labute approximate surface area is 182 Å². The van der Waals surface area contributed by atoms with Gasteiger partial charge in [0.15, 0.2) is 0 Å². The molecule has 0 saturated carbocycles. The maximum atomic E-state index is 9.58. The van der Waals surface area contributed by atoms with Crippen LogP contribution >= 0.6 is 0 Å². The van der Waals surface area contributed by atoms with Crippen molar-refractivity contribution in [1.82, 2.24) is 0 Å². The Balaban J connectivity index is 1.71. The van der Waals surface area contributed by atoms with Crippen LogP contribution in [-0.4, -0.2) is 0 Å². The third-order valence-corrected chi connectivity index (χ3v) is 5.85. The van der Waals surface area contributed by atoms with Gasteiger partial charge in [0, 0.05) is 0 Å². The summed E-state index contributed by atoms with van der Waals surface area (Å²) in [7, 11) is 0. The first kappa shape index (κ1) is 21.8. The van der Waals surface area contributed by atoms with Crippen molar-refractivity contribution < 1.29 is 0 Å². The summed E-state index contributed by atoms with van der Waals surface area (Å²) >= 11 is 0. The highest BCUT2D eigenvalue weighted by molar-refractivity contribution is 5.71. The molecule has 0 aliphatic heterocycles. The molecule has 0 saturated heterocycles. The number of unbranched alkanes of at least 4 members (excludes halogenated alkanes) is 4. The second-order valence-electron chi connectivity index (χ2n) is 8.17. The van der Waals surface area contributed by atoms with Crippen molar-refractivity contribution in [3.05, 3.63) is 83.4 Å². The number of benzene rings is 3. The van der Waals surface area contributed by atoms with Crippen LogP contribution in [0.25, 0.3) is 22.3 Å². The lowest BCUT2D eigenvalue weighted by Gasteiger charge is -2.09. The van der Waals surface area contributed by atoms with Crippen LogP contribution in [0.1, 0.15) is 69.1 Å². The molecule has 0 N–H and O–H groups in total. The van der Waals surface area contributed by atoms with Gasteiger partial charge in [0.2, 0.25) is 0 Å². The Hall–Kier alpha value is -2.85. The molecule has 0 aliphatic carbocycles. The molecule has 0 bridgehead atoms. The van der Waals surface area contributed by atoms with E-state index in [1.54, 1.807) is 0 Å². The molecule has 0 fully saturated rings. The third-order valence-electron chi connectivity index (χ3n) is 5.85. The monoisotopic (exact) mass is 395 g/mol. The maximum Gasteiger partial charge on any atom is 0.0994 e. The van der Waals surface area contributed by atoms with E-state index >= 15 is 0 Å². The highest BCUT2D eigenvalue weighted by Gasteiger charge is 2.06. The minimum absolute atomic E-state index is 0.811. The van der Waals surface area contributed by atoms with Gasteiger partial charge in [0.25, 0.3) is 0 Å². The van der Waals surface area contributed by atoms with Crippen LogP contribution in [0.2, 0.25) is 0 Å². The molecule has 3 rings (SSSR count). The Bertz CT molecular complexity index is 959. The van der Waals surface area contributed by atoms with Crippen molar-refractivity contribution in [2.45, 2.75) is 65.2 Å². The third kappa shape index (κ3) is 5.83. The van der Waals surface area contributed by atoms with Gasteiger partial charge in [-0.05, 0) is 65.1 Å². The molecule has 0 spiro atoms. The minimum atomic E-state index is 0.811. The fraction of sp³-hybridized carbons (Fsp3) is 0.345. The molecule has 0 amide bonds. The molecule has 0 atom stereocenters. The number of nitriles is 1. The molecule has 0 heterocycles. The van der Waals surface area contributed by atoms with Crippen molar-refractivity contribution in [2.75, 3.05) is 0 Å². The number of rotatable bonds is 10. The first-order valence-corrected chi connectivity index (χ1v) is 11.5. The van der Waals surface area contributed by atoms with Crippen LogP contribution in [-0.2, 0) is 12.8 Å². The van der Waals surface area contributed by atoms with E-state index in [0.717, 1.165) is 29.5 Å². The number of hydrogen-bond donors (Lipinski definition) is 0. The number of aryl methyl sites for hydroxylation is 2. The average molecular weight is 396 g/mol. The van der Waals surface area contributed by atoms with Crippen molar-refractivity contribution in [1.29, 1.82) is 5.26 Å². The van der Waals surface area contributed by atoms with Crippen molar-refractivity contribution >= 4 is 0 Å². The normalized spacial score (nSPS) is 10.7. The molecule has 1 nitrogen and oxygen atoms in total. The summed E-state index contributed by atoms with van der Waals surface area (Å²) in [4.78, 5) is 0. The van der Waals surface area contributed by atoms with E-state index in [0.29, 0.717) is 0 Å². The van der Waals surface area contributed by atoms with Crippen LogP contribution in [0, 0.1) is 11.3 Å². The first-order valence-electron chi connectivity index (χ1n) is 11.5. The SMILES string of the molecule is CCCCCc1ccc(-c2ccc(-c3ccc(CCCCC)c(C#N)c3)cc2)cc1. The molecule has 0 unspecified atom stereocenters. The van der Waals surface area contributed by atoms with E-state index in [-0.39, 0.29) is 0 Å². The predicted molar refractivity (Wildman–Crippen MR) is 128 cm³/mol. The molecule has 3 aromatic carbocycles. The molecule has 3 aromatic rings. The van der Waals surface area contributed by atoms with Gasteiger partial charge < -0.3 is 0 Å². The number of nitrogens with zero attached hydrogens (tertiary/aromatic N) is 1. The maximum absolute atomic E-state index is 9.58. The van der Waals surface area contributed by atoms with Gasteiger partial charge in [-0.3, -0.25) is 0 Å². The van der Waals surface area contributed by atoms with E-state index in [2.05, 4.69) is 80.6 Å². The summed E-state index contributed by atoms with van der Waals surface area (Å²) in [5.41, 5.74) is 8.17. The van der Waals surface area contributed by atoms with Gasteiger partial charge in [-0.2, -0.15) is 5.26 Å². The topological polar surface area (TPSA) is 23.8 Å². The summed E-state index contributed by atoms with van der Waals surface area (Å²) < 4.78 is 0. The second-order valence-corrected chi connectivity index (χ2v) is 8.17. The van der Waals surface area contributed by atoms with E-state index < -0.39 is 0 Å². The van der Waals surface area contributed by atoms with E-state index in [1.165, 1.54) is 60.8 Å². The standard InChI is InChI=1S/C29H33N/c1-3-5-7-9-23-11-13-25(14-12-23)26-15-17-27(18-16-26)28-20-19-24(10-8-6-4-2)29(21-28)22-30/h11-21H,3-10H2,1-2H3. The van der Waals surface area contributed by atoms with Gasteiger partial charge >= 0.3 is 0 Å². The van der Waals surface area contributed by atoms with Gasteiger partial charge in [0.1, 0.15) is 0 Å². The van der Waals surface area contributed by atoms with Crippen LogP contribution in [0.15, 0.2) is 66.7 Å². The lowest BCUT2D eigenvalue weighted by Crippen LogP contribution is -1.92. The zero-order valence-corrected chi connectivity index (χ0v) is 18.5. The van der Waals surface area contributed by atoms with Gasteiger partial charge in [-0.25, -0.2) is 0 Å². The van der Waals surface area contributed by atoms with Gasteiger partial charge in [-0.1, -0.05) is 100 Å². The van der Waals surface area contributed by atoms with Crippen LogP contribution < -0.4 is 0 Å².